The molecule has 0 saturated heterocycles. The number of hydrogen-bond donors (Lipinski definition) is 2. The SMILES string of the molecule is CN(C)CCCOc1ccc(C(=N)N)c(Cl)c1. The molecular formula is C12H18ClN3O. The van der Waals surface area contributed by atoms with E-state index in [0.717, 1.165) is 13.0 Å². The van der Waals surface area contributed by atoms with Crippen molar-refractivity contribution in [3.63, 3.8) is 0 Å². The monoisotopic (exact) mass is 255 g/mol. The molecule has 94 valence electrons. The average molecular weight is 256 g/mol. The van der Waals surface area contributed by atoms with E-state index in [1.807, 2.05) is 14.1 Å². The third kappa shape index (κ3) is 4.63. The van der Waals surface area contributed by atoms with Crippen molar-refractivity contribution in [3.05, 3.63) is 28.8 Å². The van der Waals surface area contributed by atoms with Crippen LogP contribution in [0.25, 0.3) is 0 Å². The molecule has 0 radical (unpaired) electrons. The second kappa shape index (κ2) is 6.47. The number of nitrogens with one attached hydrogen (secondary N) is 1. The van der Waals surface area contributed by atoms with Crippen molar-refractivity contribution >= 4 is 17.4 Å². The molecular weight excluding hydrogens is 238 g/mol. The lowest BCUT2D eigenvalue weighted by atomic mass is 10.2. The van der Waals surface area contributed by atoms with Crippen LogP contribution >= 0.6 is 11.6 Å². The summed E-state index contributed by atoms with van der Waals surface area (Å²) in [6.07, 6.45) is 0.957. The van der Waals surface area contributed by atoms with Crippen LogP contribution in [0.5, 0.6) is 5.75 Å². The predicted molar refractivity (Wildman–Crippen MR) is 71.1 cm³/mol. The van der Waals surface area contributed by atoms with Crippen LogP contribution in [0.4, 0.5) is 0 Å². The molecule has 0 bridgehead atoms. The van der Waals surface area contributed by atoms with Crippen LogP contribution in [0.2, 0.25) is 5.02 Å². The summed E-state index contributed by atoms with van der Waals surface area (Å²) in [5.74, 6) is 0.674. The minimum Gasteiger partial charge on any atom is -0.493 e. The van der Waals surface area contributed by atoms with Crippen molar-refractivity contribution < 1.29 is 4.74 Å². The largest absolute Gasteiger partial charge is 0.493 e. The van der Waals surface area contributed by atoms with E-state index < -0.39 is 0 Å². The lowest BCUT2D eigenvalue weighted by Gasteiger charge is -2.11. The summed E-state index contributed by atoms with van der Waals surface area (Å²) in [5.41, 5.74) is 5.91. The Bertz CT molecular complexity index is 393. The fourth-order valence-electron chi connectivity index (χ4n) is 1.37. The highest BCUT2D eigenvalue weighted by Crippen LogP contribution is 2.22. The molecule has 0 aliphatic rings. The number of rotatable bonds is 6. The Hall–Kier alpha value is -1.26. The van der Waals surface area contributed by atoms with E-state index in [-0.39, 0.29) is 5.84 Å². The predicted octanol–water partition coefficient (Wildman–Crippen LogP) is 1.95. The van der Waals surface area contributed by atoms with Crippen molar-refractivity contribution in [2.24, 2.45) is 5.73 Å². The Morgan fingerprint density at radius 1 is 1.47 bits per heavy atom. The first-order valence-electron chi connectivity index (χ1n) is 5.42. The number of hydrogen-bond acceptors (Lipinski definition) is 3. The van der Waals surface area contributed by atoms with Gasteiger partial charge in [0.1, 0.15) is 11.6 Å². The zero-order chi connectivity index (χ0) is 12.8. The highest BCUT2D eigenvalue weighted by Gasteiger charge is 2.05. The Labute approximate surface area is 107 Å². The topological polar surface area (TPSA) is 62.3 Å². The Kier molecular flexibility index (Phi) is 5.25. The molecule has 5 heteroatoms. The second-order valence-electron chi connectivity index (χ2n) is 4.06. The van der Waals surface area contributed by atoms with Gasteiger partial charge in [0.25, 0.3) is 0 Å². The van der Waals surface area contributed by atoms with Crippen LogP contribution in [0.3, 0.4) is 0 Å². The van der Waals surface area contributed by atoms with Crippen molar-refractivity contribution in [2.45, 2.75) is 6.42 Å². The molecule has 0 saturated carbocycles. The molecule has 0 spiro atoms. The third-order valence-electron chi connectivity index (χ3n) is 2.25. The van der Waals surface area contributed by atoms with Crippen LogP contribution in [0.1, 0.15) is 12.0 Å². The molecule has 1 aromatic carbocycles. The van der Waals surface area contributed by atoms with Crippen LogP contribution in [-0.4, -0.2) is 38.0 Å². The fourth-order valence-corrected chi connectivity index (χ4v) is 1.65. The van der Waals surface area contributed by atoms with E-state index >= 15 is 0 Å². The van der Waals surface area contributed by atoms with Gasteiger partial charge in [-0.15, -0.1) is 0 Å². The molecule has 0 unspecified atom stereocenters. The highest BCUT2D eigenvalue weighted by molar-refractivity contribution is 6.34. The van der Waals surface area contributed by atoms with Gasteiger partial charge in [-0.25, -0.2) is 0 Å². The van der Waals surface area contributed by atoms with E-state index in [9.17, 15) is 0 Å². The van der Waals surface area contributed by atoms with Gasteiger partial charge in [-0.3, -0.25) is 5.41 Å². The lowest BCUT2D eigenvalue weighted by Crippen LogP contribution is -2.15. The fraction of sp³-hybridized carbons (Fsp3) is 0.417. The van der Waals surface area contributed by atoms with Gasteiger partial charge in [0.15, 0.2) is 0 Å². The zero-order valence-corrected chi connectivity index (χ0v) is 10.9. The summed E-state index contributed by atoms with van der Waals surface area (Å²) in [6, 6.07) is 5.16. The average Bonchev–Trinajstić information content (AvgIpc) is 2.23. The highest BCUT2D eigenvalue weighted by atomic mass is 35.5. The Morgan fingerprint density at radius 3 is 2.71 bits per heavy atom. The smallest absolute Gasteiger partial charge is 0.124 e. The molecule has 1 aromatic rings. The molecule has 4 nitrogen and oxygen atoms in total. The first-order chi connectivity index (χ1) is 8.00. The molecule has 0 aliphatic carbocycles. The van der Waals surface area contributed by atoms with Gasteiger partial charge in [0.05, 0.1) is 11.6 Å². The summed E-state index contributed by atoms with van der Waals surface area (Å²) < 4.78 is 5.55. The molecule has 3 N–H and O–H groups in total. The number of nitrogens with zero attached hydrogens (tertiary/aromatic N) is 1. The molecule has 0 fully saturated rings. The number of nitrogen functional groups attached to an aromatic ring is 1. The number of benzene rings is 1. The molecule has 0 atom stereocenters. The minimum absolute atomic E-state index is 0.0332. The van der Waals surface area contributed by atoms with Gasteiger partial charge in [-0.1, -0.05) is 11.6 Å². The normalized spacial score (nSPS) is 10.6. The van der Waals surface area contributed by atoms with Gasteiger partial charge in [0.2, 0.25) is 0 Å². The molecule has 0 amide bonds. The maximum Gasteiger partial charge on any atom is 0.124 e. The van der Waals surface area contributed by atoms with Gasteiger partial charge in [-0.2, -0.15) is 0 Å². The van der Waals surface area contributed by atoms with Gasteiger partial charge >= 0.3 is 0 Å². The van der Waals surface area contributed by atoms with Crippen molar-refractivity contribution in [1.82, 2.24) is 4.90 Å². The molecule has 0 heterocycles. The summed E-state index contributed by atoms with van der Waals surface area (Å²) in [7, 11) is 4.05. The third-order valence-corrected chi connectivity index (χ3v) is 2.56. The lowest BCUT2D eigenvalue weighted by molar-refractivity contribution is 0.281. The summed E-state index contributed by atoms with van der Waals surface area (Å²) in [4.78, 5) is 2.11. The first-order valence-corrected chi connectivity index (χ1v) is 5.80. The number of nitrogens with two attached hydrogens (primary N) is 1. The van der Waals surface area contributed by atoms with E-state index in [2.05, 4.69) is 4.90 Å². The second-order valence-corrected chi connectivity index (χ2v) is 4.47. The van der Waals surface area contributed by atoms with Gasteiger partial charge < -0.3 is 15.4 Å². The standard InChI is InChI=1S/C12H18ClN3O/c1-16(2)6-3-7-17-9-4-5-10(12(14)15)11(13)8-9/h4-5,8H,3,6-7H2,1-2H3,(H3,14,15). The van der Waals surface area contributed by atoms with Gasteiger partial charge in [0, 0.05) is 12.1 Å². The van der Waals surface area contributed by atoms with Crippen LogP contribution in [0.15, 0.2) is 18.2 Å². The molecule has 0 aromatic heterocycles. The molecule has 0 aliphatic heterocycles. The van der Waals surface area contributed by atoms with E-state index in [1.54, 1.807) is 18.2 Å². The van der Waals surface area contributed by atoms with Crippen molar-refractivity contribution in [3.8, 4) is 5.75 Å². The Balaban J connectivity index is 2.50. The number of amidine groups is 1. The minimum atomic E-state index is -0.0332. The van der Waals surface area contributed by atoms with E-state index in [1.165, 1.54) is 0 Å². The van der Waals surface area contributed by atoms with Crippen molar-refractivity contribution in [2.75, 3.05) is 27.2 Å². The maximum absolute atomic E-state index is 7.31. The van der Waals surface area contributed by atoms with Crippen LogP contribution < -0.4 is 10.5 Å². The summed E-state index contributed by atoms with van der Waals surface area (Å²) >= 11 is 5.98. The quantitative estimate of drug-likeness (QED) is 0.464. The van der Waals surface area contributed by atoms with Crippen LogP contribution in [-0.2, 0) is 0 Å². The van der Waals surface area contributed by atoms with Crippen molar-refractivity contribution in [1.29, 1.82) is 5.41 Å². The summed E-state index contributed by atoms with van der Waals surface area (Å²) in [5, 5.41) is 7.76. The Morgan fingerprint density at radius 2 is 2.18 bits per heavy atom. The maximum atomic E-state index is 7.31. The van der Waals surface area contributed by atoms with Crippen LogP contribution in [0, 0.1) is 5.41 Å². The zero-order valence-electron chi connectivity index (χ0n) is 10.2. The number of ether oxygens (including phenoxy) is 1. The van der Waals surface area contributed by atoms with Gasteiger partial charge in [-0.05, 0) is 38.7 Å². The first kappa shape index (κ1) is 13.8. The molecule has 17 heavy (non-hydrogen) atoms. The number of halogens is 1. The molecule has 1 rings (SSSR count). The summed E-state index contributed by atoms with van der Waals surface area (Å²) in [6.45, 7) is 1.63. The van der Waals surface area contributed by atoms with E-state index in [0.29, 0.717) is 22.9 Å². The van der Waals surface area contributed by atoms with E-state index in [4.69, 9.17) is 27.5 Å².